The highest BCUT2D eigenvalue weighted by Crippen LogP contribution is 2.24. The maximum atomic E-state index is 13.8. The molecule has 0 spiro atoms. The summed E-state index contributed by atoms with van der Waals surface area (Å²) in [6, 6.07) is 4.78. The van der Waals surface area contributed by atoms with Crippen LogP contribution in [0.15, 0.2) is 18.2 Å². The standard InChI is InChI=1S/C14H17FN2O/c1-3-4-8-16-14(18)12-9(2)17-11-7-5-6-10(15)13(11)12/h5-7,17H,3-4,8H2,1-2H3,(H,16,18). The van der Waals surface area contributed by atoms with Crippen LogP contribution >= 0.6 is 0 Å². The van der Waals surface area contributed by atoms with E-state index in [0.29, 0.717) is 28.7 Å². The first-order chi connectivity index (χ1) is 8.65. The highest BCUT2D eigenvalue weighted by atomic mass is 19.1. The number of carbonyl (C=O) groups is 1. The quantitative estimate of drug-likeness (QED) is 0.802. The van der Waals surface area contributed by atoms with Crippen LogP contribution in [0.2, 0.25) is 0 Å². The van der Waals surface area contributed by atoms with Crippen LogP contribution in [0.3, 0.4) is 0 Å². The average Bonchev–Trinajstić information content (AvgIpc) is 2.67. The highest BCUT2D eigenvalue weighted by molar-refractivity contribution is 6.08. The Morgan fingerprint density at radius 1 is 1.44 bits per heavy atom. The summed E-state index contributed by atoms with van der Waals surface area (Å²) in [6.07, 6.45) is 1.94. The third kappa shape index (κ3) is 2.23. The molecule has 1 amide bonds. The fourth-order valence-corrected chi connectivity index (χ4v) is 2.09. The molecule has 2 aromatic rings. The normalized spacial score (nSPS) is 10.8. The maximum absolute atomic E-state index is 13.8. The van der Waals surface area contributed by atoms with Crippen LogP contribution in [0.5, 0.6) is 0 Å². The number of carbonyl (C=O) groups excluding carboxylic acids is 1. The number of H-pyrrole nitrogens is 1. The van der Waals surface area contributed by atoms with Crippen LogP contribution < -0.4 is 5.32 Å². The Balaban J connectivity index is 2.37. The third-order valence-corrected chi connectivity index (χ3v) is 3.00. The molecule has 0 bridgehead atoms. The lowest BCUT2D eigenvalue weighted by Crippen LogP contribution is -2.24. The molecule has 1 aromatic heterocycles. The Bertz CT molecular complexity index is 574. The van der Waals surface area contributed by atoms with Crippen molar-refractivity contribution in [1.82, 2.24) is 10.3 Å². The number of aromatic nitrogens is 1. The number of aryl methyl sites for hydroxylation is 1. The summed E-state index contributed by atoms with van der Waals surface area (Å²) in [4.78, 5) is 15.1. The lowest BCUT2D eigenvalue weighted by Gasteiger charge is -2.04. The second kappa shape index (κ2) is 5.21. The van der Waals surface area contributed by atoms with E-state index in [9.17, 15) is 9.18 Å². The lowest BCUT2D eigenvalue weighted by atomic mass is 10.1. The van der Waals surface area contributed by atoms with E-state index >= 15 is 0 Å². The molecule has 0 atom stereocenters. The van der Waals surface area contributed by atoms with Crippen LogP contribution in [0.4, 0.5) is 4.39 Å². The van der Waals surface area contributed by atoms with Gasteiger partial charge in [0.05, 0.1) is 5.56 Å². The van der Waals surface area contributed by atoms with Gasteiger partial charge in [0, 0.05) is 23.1 Å². The van der Waals surface area contributed by atoms with Crippen LogP contribution in [-0.2, 0) is 0 Å². The zero-order chi connectivity index (χ0) is 13.1. The molecule has 2 N–H and O–H groups in total. The van der Waals surface area contributed by atoms with Gasteiger partial charge in [0.1, 0.15) is 5.82 Å². The molecule has 18 heavy (non-hydrogen) atoms. The molecule has 4 heteroatoms. The minimum Gasteiger partial charge on any atom is -0.358 e. The van der Waals surface area contributed by atoms with Crippen molar-refractivity contribution in [2.45, 2.75) is 26.7 Å². The summed E-state index contributed by atoms with van der Waals surface area (Å²) in [5.41, 5.74) is 1.77. The minimum atomic E-state index is -0.363. The molecule has 0 fully saturated rings. The maximum Gasteiger partial charge on any atom is 0.253 e. The second-order valence-corrected chi connectivity index (χ2v) is 4.40. The number of amides is 1. The number of fused-ring (bicyclic) bond motifs is 1. The van der Waals surface area contributed by atoms with Gasteiger partial charge in [-0.25, -0.2) is 4.39 Å². The SMILES string of the molecule is CCCCNC(=O)c1c(C)[nH]c2cccc(F)c12. The molecule has 2 rings (SSSR count). The fourth-order valence-electron chi connectivity index (χ4n) is 2.09. The van der Waals surface area contributed by atoms with E-state index < -0.39 is 0 Å². The largest absolute Gasteiger partial charge is 0.358 e. The van der Waals surface area contributed by atoms with Crippen molar-refractivity contribution in [2.24, 2.45) is 0 Å². The molecule has 1 heterocycles. The van der Waals surface area contributed by atoms with Crippen LogP contribution in [-0.4, -0.2) is 17.4 Å². The number of benzene rings is 1. The first-order valence-corrected chi connectivity index (χ1v) is 6.20. The molecule has 0 unspecified atom stereocenters. The van der Waals surface area contributed by atoms with Crippen molar-refractivity contribution in [2.75, 3.05) is 6.54 Å². The molecule has 0 aliphatic rings. The van der Waals surface area contributed by atoms with Crippen molar-refractivity contribution in [3.63, 3.8) is 0 Å². The number of hydrogen-bond acceptors (Lipinski definition) is 1. The van der Waals surface area contributed by atoms with Crippen molar-refractivity contribution >= 4 is 16.8 Å². The van der Waals surface area contributed by atoms with Gasteiger partial charge >= 0.3 is 0 Å². The Hall–Kier alpha value is -1.84. The second-order valence-electron chi connectivity index (χ2n) is 4.40. The predicted molar refractivity (Wildman–Crippen MR) is 70.2 cm³/mol. The van der Waals surface area contributed by atoms with Crippen LogP contribution in [0.1, 0.15) is 35.8 Å². The Morgan fingerprint density at radius 3 is 2.94 bits per heavy atom. The smallest absolute Gasteiger partial charge is 0.253 e. The van der Waals surface area contributed by atoms with Gasteiger partial charge in [0.2, 0.25) is 0 Å². The topological polar surface area (TPSA) is 44.9 Å². The zero-order valence-electron chi connectivity index (χ0n) is 10.6. The number of unbranched alkanes of at least 4 members (excludes halogenated alkanes) is 1. The van der Waals surface area contributed by atoms with E-state index in [0.717, 1.165) is 12.8 Å². The van der Waals surface area contributed by atoms with Crippen LogP contribution in [0.25, 0.3) is 10.9 Å². The number of aromatic amines is 1. The van der Waals surface area contributed by atoms with E-state index in [2.05, 4.69) is 17.2 Å². The molecule has 1 aromatic carbocycles. The summed E-state index contributed by atoms with van der Waals surface area (Å²) in [5.74, 6) is -0.574. The van der Waals surface area contributed by atoms with Crippen molar-refractivity contribution in [1.29, 1.82) is 0 Å². The van der Waals surface area contributed by atoms with E-state index in [-0.39, 0.29) is 11.7 Å². The Kier molecular flexibility index (Phi) is 3.65. The Morgan fingerprint density at radius 2 is 2.22 bits per heavy atom. The molecular formula is C14H17FN2O. The van der Waals surface area contributed by atoms with E-state index in [4.69, 9.17) is 0 Å². The Labute approximate surface area is 105 Å². The molecule has 0 aliphatic heterocycles. The molecule has 0 radical (unpaired) electrons. The molecular weight excluding hydrogens is 231 g/mol. The van der Waals surface area contributed by atoms with Crippen LogP contribution in [0, 0.1) is 12.7 Å². The summed E-state index contributed by atoms with van der Waals surface area (Å²) in [7, 11) is 0. The first kappa shape index (κ1) is 12.6. The van der Waals surface area contributed by atoms with E-state index in [1.54, 1.807) is 19.1 Å². The summed E-state index contributed by atoms with van der Waals surface area (Å²) >= 11 is 0. The predicted octanol–water partition coefficient (Wildman–Crippen LogP) is 3.15. The average molecular weight is 248 g/mol. The monoisotopic (exact) mass is 248 g/mol. The van der Waals surface area contributed by atoms with Crippen molar-refractivity contribution in [3.05, 3.63) is 35.3 Å². The molecule has 0 aliphatic carbocycles. The number of halogens is 1. The summed E-state index contributed by atoms with van der Waals surface area (Å²) < 4.78 is 13.8. The highest BCUT2D eigenvalue weighted by Gasteiger charge is 2.18. The summed E-state index contributed by atoms with van der Waals surface area (Å²) in [5, 5.41) is 3.20. The molecule has 96 valence electrons. The van der Waals surface area contributed by atoms with Crippen molar-refractivity contribution < 1.29 is 9.18 Å². The van der Waals surface area contributed by atoms with E-state index in [1.807, 2.05) is 0 Å². The minimum absolute atomic E-state index is 0.211. The van der Waals surface area contributed by atoms with Crippen molar-refractivity contribution in [3.8, 4) is 0 Å². The summed E-state index contributed by atoms with van der Waals surface area (Å²) in [6.45, 7) is 4.47. The molecule has 3 nitrogen and oxygen atoms in total. The van der Waals surface area contributed by atoms with E-state index in [1.165, 1.54) is 6.07 Å². The first-order valence-electron chi connectivity index (χ1n) is 6.20. The van der Waals surface area contributed by atoms with Gasteiger partial charge in [-0.2, -0.15) is 0 Å². The van der Waals surface area contributed by atoms with Gasteiger partial charge in [-0.05, 0) is 25.5 Å². The fraction of sp³-hybridized carbons (Fsp3) is 0.357. The number of nitrogens with one attached hydrogen (secondary N) is 2. The zero-order valence-corrected chi connectivity index (χ0v) is 10.6. The molecule has 0 saturated carbocycles. The van der Waals surface area contributed by atoms with Gasteiger partial charge < -0.3 is 10.3 Å². The van der Waals surface area contributed by atoms with Gasteiger partial charge in [0.25, 0.3) is 5.91 Å². The molecule has 0 saturated heterocycles. The number of hydrogen-bond donors (Lipinski definition) is 2. The lowest BCUT2D eigenvalue weighted by molar-refractivity contribution is 0.0954. The number of rotatable bonds is 4. The van der Waals surface area contributed by atoms with Gasteiger partial charge in [-0.15, -0.1) is 0 Å². The van der Waals surface area contributed by atoms with Gasteiger partial charge in [-0.3, -0.25) is 4.79 Å². The third-order valence-electron chi connectivity index (χ3n) is 3.00. The van der Waals surface area contributed by atoms with Gasteiger partial charge in [-0.1, -0.05) is 19.4 Å². The van der Waals surface area contributed by atoms with Gasteiger partial charge in [0.15, 0.2) is 0 Å².